The summed E-state index contributed by atoms with van der Waals surface area (Å²) in [6.45, 7) is 4.97. The molecule has 0 saturated heterocycles. The van der Waals surface area contributed by atoms with Gasteiger partial charge in [0.2, 0.25) is 11.8 Å². The Morgan fingerprint density at radius 3 is 2.07 bits per heavy atom. The van der Waals surface area contributed by atoms with E-state index in [0.29, 0.717) is 27.6 Å². The van der Waals surface area contributed by atoms with Gasteiger partial charge in [-0.25, -0.2) is 8.42 Å². The van der Waals surface area contributed by atoms with Crippen LogP contribution in [0.1, 0.15) is 37.0 Å². The predicted molar refractivity (Wildman–Crippen MR) is 181 cm³/mol. The molecule has 0 aliphatic carbocycles. The number of rotatable bonds is 13. The molecule has 7 nitrogen and oxygen atoms in total. The molecule has 0 aromatic heterocycles. The van der Waals surface area contributed by atoms with E-state index in [1.54, 1.807) is 67.6 Å². The average molecular weight is 667 g/mol. The third-order valence-electron chi connectivity index (χ3n) is 7.69. The quantitative estimate of drug-likeness (QED) is 0.166. The number of halogens is 2. The topological polar surface area (TPSA) is 86.8 Å². The molecule has 0 fully saturated rings. The minimum Gasteiger partial charge on any atom is -0.352 e. The molecule has 4 aromatic carbocycles. The molecule has 0 radical (unpaired) electrons. The molecule has 1 N–H and O–H groups in total. The van der Waals surface area contributed by atoms with Crippen LogP contribution >= 0.6 is 23.2 Å². The summed E-state index contributed by atoms with van der Waals surface area (Å²) in [5, 5.41) is 3.81. The van der Waals surface area contributed by atoms with Crippen LogP contribution < -0.4 is 9.62 Å². The summed E-state index contributed by atoms with van der Waals surface area (Å²) in [6.07, 6.45) is 0.903. The van der Waals surface area contributed by atoms with Gasteiger partial charge in [0, 0.05) is 29.1 Å². The zero-order valence-electron chi connectivity index (χ0n) is 25.5. The van der Waals surface area contributed by atoms with Crippen molar-refractivity contribution in [3.8, 4) is 0 Å². The van der Waals surface area contributed by atoms with Gasteiger partial charge < -0.3 is 10.2 Å². The Kier molecular flexibility index (Phi) is 11.7. The summed E-state index contributed by atoms with van der Waals surface area (Å²) >= 11 is 13.0. The van der Waals surface area contributed by atoms with Crippen molar-refractivity contribution in [1.29, 1.82) is 0 Å². The molecule has 2 unspecified atom stereocenters. The lowest BCUT2D eigenvalue weighted by Gasteiger charge is -2.34. The normalized spacial score (nSPS) is 12.6. The molecule has 236 valence electrons. The molecule has 0 heterocycles. The molecular weight excluding hydrogens is 629 g/mol. The average Bonchev–Trinajstić information content (AvgIpc) is 3.04. The van der Waals surface area contributed by atoms with E-state index in [1.807, 2.05) is 44.2 Å². The van der Waals surface area contributed by atoms with E-state index < -0.39 is 28.5 Å². The first-order chi connectivity index (χ1) is 21.5. The zero-order chi connectivity index (χ0) is 32.6. The number of sulfonamides is 1. The Morgan fingerprint density at radius 2 is 1.42 bits per heavy atom. The number of nitrogens with one attached hydrogen (secondary N) is 1. The first-order valence-electron chi connectivity index (χ1n) is 14.7. The van der Waals surface area contributed by atoms with Gasteiger partial charge in [-0.3, -0.25) is 13.9 Å². The van der Waals surface area contributed by atoms with Crippen LogP contribution in [0.25, 0.3) is 0 Å². The standard InChI is InChI=1S/C35H37Cl2N3O4S/c1-4-25(2)38-35(42)33(22-27-14-7-5-8-15-27)39(23-28-16-11-12-19-31(28)37)34(41)24-40(32-21-13-20-30(36)26(32)3)45(43,44)29-17-9-6-10-18-29/h5-21,25,33H,4,22-24H2,1-3H3,(H,38,42). The van der Waals surface area contributed by atoms with Crippen LogP contribution in [-0.4, -0.2) is 43.8 Å². The second-order valence-corrected chi connectivity index (χ2v) is 13.5. The number of benzene rings is 4. The van der Waals surface area contributed by atoms with Crippen LogP contribution in [0.3, 0.4) is 0 Å². The highest BCUT2D eigenvalue weighted by Crippen LogP contribution is 2.31. The zero-order valence-corrected chi connectivity index (χ0v) is 27.8. The van der Waals surface area contributed by atoms with Crippen molar-refractivity contribution in [3.63, 3.8) is 0 Å². The fourth-order valence-corrected chi connectivity index (χ4v) is 6.76. The van der Waals surface area contributed by atoms with E-state index in [-0.39, 0.29) is 35.5 Å². The molecular formula is C35H37Cl2N3O4S. The molecule has 4 aromatic rings. The van der Waals surface area contributed by atoms with Gasteiger partial charge in [0.15, 0.2) is 0 Å². The number of hydrogen-bond donors (Lipinski definition) is 1. The van der Waals surface area contributed by atoms with E-state index in [2.05, 4.69) is 5.32 Å². The highest BCUT2D eigenvalue weighted by Gasteiger charge is 2.35. The molecule has 0 saturated carbocycles. The molecule has 0 aliphatic rings. The highest BCUT2D eigenvalue weighted by atomic mass is 35.5. The molecule has 45 heavy (non-hydrogen) atoms. The molecule has 10 heteroatoms. The van der Waals surface area contributed by atoms with E-state index in [1.165, 1.54) is 17.0 Å². The van der Waals surface area contributed by atoms with Gasteiger partial charge in [0.25, 0.3) is 10.0 Å². The van der Waals surface area contributed by atoms with Crippen LogP contribution in [0.15, 0.2) is 108 Å². The van der Waals surface area contributed by atoms with E-state index in [0.717, 1.165) is 9.87 Å². The Labute approximate surface area is 275 Å². The molecule has 2 amide bonds. The highest BCUT2D eigenvalue weighted by molar-refractivity contribution is 7.92. The second kappa shape index (κ2) is 15.4. The second-order valence-electron chi connectivity index (χ2n) is 10.8. The molecule has 0 aliphatic heterocycles. The van der Waals surface area contributed by atoms with Gasteiger partial charge in [-0.1, -0.05) is 103 Å². The monoisotopic (exact) mass is 665 g/mol. The predicted octanol–water partition coefficient (Wildman–Crippen LogP) is 7.05. The smallest absolute Gasteiger partial charge is 0.264 e. The van der Waals surface area contributed by atoms with Gasteiger partial charge in [-0.15, -0.1) is 0 Å². The Hall–Kier alpha value is -3.85. The van der Waals surface area contributed by atoms with Crippen LogP contribution in [0.5, 0.6) is 0 Å². The fourth-order valence-electron chi connectivity index (χ4n) is 4.90. The van der Waals surface area contributed by atoms with Gasteiger partial charge >= 0.3 is 0 Å². The molecule has 2 atom stereocenters. The molecule has 0 bridgehead atoms. The molecule has 4 rings (SSSR count). The number of anilines is 1. The summed E-state index contributed by atoms with van der Waals surface area (Å²) in [4.78, 5) is 29.9. The Bertz CT molecular complexity index is 1720. The Balaban J connectivity index is 1.84. The van der Waals surface area contributed by atoms with Gasteiger partial charge in [-0.2, -0.15) is 0 Å². The fraction of sp³-hybridized carbons (Fsp3) is 0.257. The minimum atomic E-state index is -4.23. The first-order valence-corrected chi connectivity index (χ1v) is 16.9. The van der Waals surface area contributed by atoms with E-state index >= 15 is 0 Å². The van der Waals surface area contributed by atoms with Crippen molar-refractivity contribution in [2.75, 3.05) is 10.8 Å². The Morgan fingerprint density at radius 1 is 0.822 bits per heavy atom. The van der Waals surface area contributed by atoms with Crippen molar-refractivity contribution in [3.05, 3.63) is 130 Å². The maximum atomic E-state index is 14.6. The minimum absolute atomic E-state index is 0.0162. The lowest BCUT2D eigenvalue weighted by Crippen LogP contribution is -2.54. The summed E-state index contributed by atoms with van der Waals surface area (Å²) in [6, 6.07) is 28.2. The van der Waals surface area contributed by atoms with Crippen molar-refractivity contribution < 1.29 is 18.0 Å². The maximum Gasteiger partial charge on any atom is 0.264 e. The van der Waals surface area contributed by atoms with Crippen LogP contribution in [0, 0.1) is 6.92 Å². The van der Waals surface area contributed by atoms with Crippen molar-refractivity contribution in [2.24, 2.45) is 0 Å². The van der Waals surface area contributed by atoms with Crippen molar-refractivity contribution in [1.82, 2.24) is 10.2 Å². The van der Waals surface area contributed by atoms with Crippen LogP contribution in [0.4, 0.5) is 5.69 Å². The number of nitrogens with zero attached hydrogens (tertiary/aromatic N) is 2. The maximum absolute atomic E-state index is 14.6. The van der Waals surface area contributed by atoms with Crippen molar-refractivity contribution >= 4 is 50.7 Å². The first kappa shape index (κ1) is 34.0. The lowest BCUT2D eigenvalue weighted by molar-refractivity contribution is -0.140. The van der Waals surface area contributed by atoms with Gasteiger partial charge in [0.05, 0.1) is 10.6 Å². The number of carbonyl (C=O) groups excluding carboxylic acids is 2. The number of amides is 2. The summed E-state index contributed by atoms with van der Waals surface area (Å²) in [5.74, 6) is -0.918. The lowest BCUT2D eigenvalue weighted by atomic mass is 10.0. The van der Waals surface area contributed by atoms with Crippen LogP contribution in [-0.2, 0) is 32.6 Å². The van der Waals surface area contributed by atoms with Crippen molar-refractivity contribution in [2.45, 2.75) is 57.1 Å². The van der Waals surface area contributed by atoms with Gasteiger partial charge in [-0.05, 0) is 67.3 Å². The third kappa shape index (κ3) is 8.45. The number of hydrogen-bond acceptors (Lipinski definition) is 4. The largest absolute Gasteiger partial charge is 0.352 e. The number of carbonyl (C=O) groups is 2. The van der Waals surface area contributed by atoms with E-state index in [9.17, 15) is 18.0 Å². The summed E-state index contributed by atoms with van der Waals surface area (Å²) in [5.41, 5.74) is 2.23. The van der Waals surface area contributed by atoms with Crippen LogP contribution in [0.2, 0.25) is 10.0 Å². The molecule has 0 spiro atoms. The summed E-state index contributed by atoms with van der Waals surface area (Å²) in [7, 11) is -4.23. The SMILES string of the molecule is CCC(C)NC(=O)C(Cc1ccccc1)N(Cc1ccccc1Cl)C(=O)CN(c1cccc(Cl)c1C)S(=O)(=O)c1ccccc1. The van der Waals surface area contributed by atoms with Gasteiger partial charge in [0.1, 0.15) is 12.6 Å². The summed E-state index contributed by atoms with van der Waals surface area (Å²) < 4.78 is 29.4. The third-order valence-corrected chi connectivity index (χ3v) is 10.2. The van der Waals surface area contributed by atoms with E-state index in [4.69, 9.17) is 23.2 Å².